The van der Waals surface area contributed by atoms with Gasteiger partial charge in [0.15, 0.2) is 5.82 Å². The lowest BCUT2D eigenvalue weighted by atomic mass is 9.97. The van der Waals surface area contributed by atoms with E-state index in [1.54, 1.807) is 12.5 Å². The number of hydrogen-bond donors (Lipinski definition) is 0. The molecule has 1 atom stereocenters. The summed E-state index contributed by atoms with van der Waals surface area (Å²) in [5.41, 5.74) is 0.994. The molecule has 1 saturated heterocycles. The Labute approximate surface area is 146 Å². The molecule has 1 aliphatic heterocycles. The van der Waals surface area contributed by atoms with Crippen molar-refractivity contribution in [1.82, 2.24) is 34.3 Å². The molecule has 0 N–H and O–H groups in total. The molecular weight excluding hydrogens is 316 g/mol. The van der Waals surface area contributed by atoms with Crippen molar-refractivity contribution in [2.45, 2.75) is 32.2 Å². The standard InChI is InChI=1S/C17H22N8/c1-13-5-6-19-17(20-13)25-8-3-4-14(10-25)16-22-21-15(23(16)2)11-24-9-7-18-12-24/h5-7,9,12,14H,3-4,8,10-11H2,1-2H3/t14-/m1/s1. The van der Waals surface area contributed by atoms with Crippen LogP contribution < -0.4 is 4.90 Å². The number of piperidine rings is 1. The summed E-state index contributed by atoms with van der Waals surface area (Å²) in [6, 6.07) is 1.93. The van der Waals surface area contributed by atoms with Crippen LogP contribution in [0.15, 0.2) is 31.0 Å². The van der Waals surface area contributed by atoms with Gasteiger partial charge in [-0.25, -0.2) is 15.0 Å². The second-order valence-electron chi connectivity index (χ2n) is 6.55. The predicted molar refractivity (Wildman–Crippen MR) is 93.3 cm³/mol. The molecule has 0 aromatic carbocycles. The number of nitrogens with zero attached hydrogens (tertiary/aromatic N) is 8. The Bertz CT molecular complexity index is 838. The van der Waals surface area contributed by atoms with Crippen LogP contribution in [-0.4, -0.2) is 47.4 Å². The molecule has 1 aliphatic rings. The number of aromatic nitrogens is 7. The van der Waals surface area contributed by atoms with Gasteiger partial charge >= 0.3 is 0 Å². The molecule has 0 radical (unpaired) electrons. The average molecular weight is 338 g/mol. The van der Waals surface area contributed by atoms with Crippen LogP contribution in [-0.2, 0) is 13.6 Å². The number of hydrogen-bond acceptors (Lipinski definition) is 6. The molecule has 4 rings (SSSR count). The number of aryl methyl sites for hydroxylation is 1. The van der Waals surface area contributed by atoms with Gasteiger partial charge in [-0.2, -0.15) is 0 Å². The Kier molecular flexibility index (Phi) is 4.17. The summed E-state index contributed by atoms with van der Waals surface area (Å²) in [4.78, 5) is 15.3. The molecule has 4 heterocycles. The number of rotatable bonds is 4. The lowest BCUT2D eigenvalue weighted by molar-refractivity contribution is 0.473. The maximum atomic E-state index is 4.56. The van der Waals surface area contributed by atoms with Crippen LogP contribution in [0.3, 0.4) is 0 Å². The zero-order valence-corrected chi connectivity index (χ0v) is 14.6. The molecule has 0 spiro atoms. The van der Waals surface area contributed by atoms with Gasteiger partial charge in [-0.05, 0) is 25.8 Å². The van der Waals surface area contributed by atoms with E-state index in [1.165, 1.54) is 0 Å². The SMILES string of the molecule is Cc1ccnc(N2CCC[C@@H](c3nnc(Cn4ccnc4)n3C)C2)n1. The van der Waals surface area contributed by atoms with E-state index in [4.69, 9.17) is 0 Å². The molecule has 130 valence electrons. The summed E-state index contributed by atoms with van der Waals surface area (Å²) in [6.45, 7) is 4.54. The van der Waals surface area contributed by atoms with E-state index in [1.807, 2.05) is 37.0 Å². The predicted octanol–water partition coefficient (Wildman–Crippen LogP) is 1.54. The summed E-state index contributed by atoms with van der Waals surface area (Å²) < 4.78 is 4.12. The Morgan fingerprint density at radius 3 is 2.96 bits per heavy atom. The van der Waals surface area contributed by atoms with E-state index in [2.05, 4.69) is 34.6 Å². The Morgan fingerprint density at radius 1 is 1.24 bits per heavy atom. The molecule has 25 heavy (non-hydrogen) atoms. The first-order valence-electron chi connectivity index (χ1n) is 8.59. The molecule has 3 aromatic rings. The van der Waals surface area contributed by atoms with Gasteiger partial charge in [-0.1, -0.05) is 0 Å². The first-order chi connectivity index (χ1) is 12.2. The zero-order valence-electron chi connectivity index (χ0n) is 14.6. The minimum atomic E-state index is 0.340. The number of imidazole rings is 1. The highest BCUT2D eigenvalue weighted by Crippen LogP contribution is 2.27. The molecule has 1 fully saturated rings. The molecular formula is C17H22N8. The number of anilines is 1. The zero-order chi connectivity index (χ0) is 17.2. The smallest absolute Gasteiger partial charge is 0.225 e. The monoisotopic (exact) mass is 338 g/mol. The molecule has 8 nitrogen and oxygen atoms in total. The molecule has 0 aliphatic carbocycles. The maximum Gasteiger partial charge on any atom is 0.225 e. The molecule has 0 unspecified atom stereocenters. The highest BCUT2D eigenvalue weighted by molar-refractivity contribution is 5.32. The van der Waals surface area contributed by atoms with Crippen LogP contribution in [0.2, 0.25) is 0 Å². The van der Waals surface area contributed by atoms with E-state index in [0.717, 1.165) is 49.2 Å². The van der Waals surface area contributed by atoms with Gasteiger partial charge in [0.25, 0.3) is 0 Å². The third-order valence-electron chi connectivity index (χ3n) is 4.73. The molecule has 3 aromatic heterocycles. The van der Waals surface area contributed by atoms with E-state index >= 15 is 0 Å². The topological polar surface area (TPSA) is 77.5 Å². The van der Waals surface area contributed by atoms with Gasteiger partial charge < -0.3 is 14.0 Å². The van der Waals surface area contributed by atoms with E-state index in [0.29, 0.717) is 12.5 Å². The van der Waals surface area contributed by atoms with Gasteiger partial charge in [-0.15, -0.1) is 10.2 Å². The first kappa shape index (κ1) is 15.7. The van der Waals surface area contributed by atoms with Crippen molar-refractivity contribution in [3.8, 4) is 0 Å². The minimum absolute atomic E-state index is 0.340. The molecule has 0 saturated carbocycles. The van der Waals surface area contributed by atoms with Gasteiger partial charge in [0.2, 0.25) is 5.95 Å². The maximum absolute atomic E-state index is 4.56. The normalized spacial score (nSPS) is 17.8. The van der Waals surface area contributed by atoms with Crippen molar-refractivity contribution in [2.24, 2.45) is 7.05 Å². The second-order valence-corrected chi connectivity index (χ2v) is 6.55. The van der Waals surface area contributed by atoms with Crippen molar-refractivity contribution < 1.29 is 0 Å². The van der Waals surface area contributed by atoms with Crippen LogP contribution in [0.4, 0.5) is 5.95 Å². The third kappa shape index (κ3) is 3.24. The van der Waals surface area contributed by atoms with Gasteiger partial charge in [0.1, 0.15) is 5.82 Å². The fraction of sp³-hybridized carbons (Fsp3) is 0.471. The lowest BCUT2D eigenvalue weighted by Crippen LogP contribution is -2.36. The lowest BCUT2D eigenvalue weighted by Gasteiger charge is -2.32. The fourth-order valence-electron chi connectivity index (χ4n) is 3.37. The quantitative estimate of drug-likeness (QED) is 0.718. The van der Waals surface area contributed by atoms with Crippen LogP contribution >= 0.6 is 0 Å². The van der Waals surface area contributed by atoms with E-state index < -0.39 is 0 Å². The first-order valence-corrected chi connectivity index (χ1v) is 8.59. The molecule has 0 bridgehead atoms. The summed E-state index contributed by atoms with van der Waals surface area (Å²) in [5.74, 6) is 3.13. The summed E-state index contributed by atoms with van der Waals surface area (Å²) in [7, 11) is 2.05. The van der Waals surface area contributed by atoms with E-state index in [-0.39, 0.29) is 0 Å². The van der Waals surface area contributed by atoms with E-state index in [9.17, 15) is 0 Å². The largest absolute Gasteiger partial charge is 0.340 e. The Morgan fingerprint density at radius 2 is 2.16 bits per heavy atom. The Hall–Kier alpha value is -2.77. The summed E-state index contributed by atoms with van der Waals surface area (Å²) >= 11 is 0. The van der Waals surface area contributed by atoms with Crippen LogP contribution in [0, 0.1) is 6.92 Å². The van der Waals surface area contributed by atoms with Crippen molar-refractivity contribution >= 4 is 5.95 Å². The van der Waals surface area contributed by atoms with Crippen LogP contribution in [0.25, 0.3) is 0 Å². The highest BCUT2D eigenvalue weighted by Gasteiger charge is 2.27. The minimum Gasteiger partial charge on any atom is -0.340 e. The van der Waals surface area contributed by atoms with Gasteiger partial charge in [-0.3, -0.25) is 0 Å². The second kappa shape index (κ2) is 6.62. The summed E-state index contributed by atoms with van der Waals surface area (Å²) in [6.07, 6.45) is 9.55. The van der Waals surface area contributed by atoms with Crippen molar-refractivity contribution in [3.63, 3.8) is 0 Å². The average Bonchev–Trinajstić information content (AvgIpc) is 3.26. The van der Waals surface area contributed by atoms with Gasteiger partial charge in [0.05, 0.1) is 12.9 Å². The fourth-order valence-corrected chi connectivity index (χ4v) is 3.37. The highest BCUT2D eigenvalue weighted by atomic mass is 15.3. The Balaban J connectivity index is 1.52. The molecule has 8 heteroatoms. The third-order valence-corrected chi connectivity index (χ3v) is 4.73. The van der Waals surface area contributed by atoms with Crippen LogP contribution in [0.5, 0.6) is 0 Å². The van der Waals surface area contributed by atoms with Crippen molar-refractivity contribution in [1.29, 1.82) is 0 Å². The van der Waals surface area contributed by atoms with Crippen molar-refractivity contribution in [3.05, 3.63) is 48.3 Å². The summed E-state index contributed by atoms with van der Waals surface area (Å²) in [5, 5.41) is 8.87. The van der Waals surface area contributed by atoms with Crippen LogP contribution in [0.1, 0.15) is 36.1 Å². The van der Waals surface area contributed by atoms with Gasteiger partial charge in [0, 0.05) is 50.3 Å². The molecule has 0 amide bonds. The van der Waals surface area contributed by atoms with Crippen molar-refractivity contribution in [2.75, 3.05) is 18.0 Å².